The number of halogens is 1. The van der Waals surface area contributed by atoms with Crippen LogP contribution in [0.15, 0.2) is 0 Å². The Morgan fingerprint density at radius 2 is 1.57 bits per heavy atom. The van der Waals surface area contributed by atoms with Crippen molar-refractivity contribution in [2.45, 2.75) is 20.3 Å². The molecule has 0 aromatic rings. The molecule has 0 saturated carbocycles. The van der Waals surface area contributed by atoms with Crippen LogP contribution in [0.5, 0.6) is 0 Å². The van der Waals surface area contributed by atoms with Gasteiger partial charge in [0.25, 0.3) is 0 Å². The van der Waals surface area contributed by atoms with Gasteiger partial charge in [-0.25, -0.2) is 0 Å². The minimum Gasteiger partial charge on any atom is -0.358 e. The van der Waals surface area contributed by atoms with Gasteiger partial charge in [0, 0.05) is 0 Å². The van der Waals surface area contributed by atoms with E-state index in [1.165, 1.54) is 13.3 Å². The lowest BCUT2D eigenvalue weighted by Crippen LogP contribution is -2.49. The maximum absolute atomic E-state index is 10.3. The Morgan fingerprint density at radius 3 is 1.57 bits per heavy atom. The Morgan fingerprint density at radius 1 is 1.43 bits per heavy atom. The molecule has 3 N–H and O–H groups in total. The summed E-state index contributed by atoms with van der Waals surface area (Å²) in [6.07, 6.45) is 1.21. The van der Waals surface area contributed by atoms with Gasteiger partial charge in [0.2, 0.25) is 0 Å². The average molecular weight is 108 g/mol. The molecule has 0 amide bonds. The highest BCUT2D eigenvalue weighted by molar-refractivity contribution is 4.07. The molecule has 0 aliphatic rings. The van der Waals surface area contributed by atoms with Crippen molar-refractivity contribution < 1.29 is 10.1 Å². The van der Waals surface area contributed by atoms with Crippen molar-refractivity contribution in [3.63, 3.8) is 0 Å². The molecule has 2 heteroatoms. The van der Waals surface area contributed by atoms with Gasteiger partial charge in [-0.2, -0.15) is 0 Å². The lowest BCUT2D eigenvalue weighted by molar-refractivity contribution is -0.367. The van der Waals surface area contributed by atoms with Crippen molar-refractivity contribution in [2.75, 3.05) is 13.2 Å². The zero-order valence-electron chi connectivity index (χ0n) is 5.21. The quantitative estimate of drug-likeness (QED) is 0.510. The normalized spacial score (nSPS) is 6.86. The first-order valence-corrected chi connectivity index (χ1v) is 2.68. The molecule has 0 rings (SSSR count). The fourth-order valence-corrected chi connectivity index (χ4v) is 0. The van der Waals surface area contributed by atoms with Gasteiger partial charge in [0.15, 0.2) is 0 Å². The summed E-state index contributed by atoms with van der Waals surface area (Å²) in [5.74, 6) is 0. The van der Waals surface area contributed by atoms with Crippen LogP contribution in [0.25, 0.3) is 0 Å². The summed E-state index contributed by atoms with van der Waals surface area (Å²) in [6.45, 7) is 4.40. The smallest absolute Gasteiger partial charge is 0.0866 e. The number of rotatable bonds is 1. The summed E-state index contributed by atoms with van der Waals surface area (Å²) >= 11 is 0. The predicted octanol–water partition coefficient (Wildman–Crippen LogP) is 0.614. The van der Waals surface area contributed by atoms with Crippen LogP contribution in [0.1, 0.15) is 20.3 Å². The standard InChI is InChI=1S/C3H9N.C2H5F/c1-2-3-4;1-2-3/h2-4H2,1H3;2H2,1H3/p+1. The van der Waals surface area contributed by atoms with Crippen LogP contribution >= 0.6 is 0 Å². The number of hydrogen-bond acceptors (Lipinski definition) is 0. The molecule has 1 nitrogen and oxygen atoms in total. The van der Waals surface area contributed by atoms with E-state index in [9.17, 15) is 4.39 Å². The van der Waals surface area contributed by atoms with E-state index in [2.05, 4.69) is 12.7 Å². The lowest BCUT2D eigenvalue weighted by Gasteiger charge is -1.66. The topological polar surface area (TPSA) is 27.6 Å². The van der Waals surface area contributed by atoms with Crippen LogP contribution in [0.4, 0.5) is 4.39 Å². The van der Waals surface area contributed by atoms with E-state index in [-0.39, 0.29) is 6.67 Å². The van der Waals surface area contributed by atoms with Crippen molar-refractivity contribution in [2.24, 2.45) is 0 Å². The van der Waals surface area contributed by atoms with Crippen LogP contribution in [0, 0.1) is 0 Å². The number of hydrogen-bond donors (Lipinski definition) is 1. The molecular weight excluding hydrogens is 93.1 g/mol. The third-order valence-electron chi connectivity index (χ3n) is 0.354. The van der Waals surface area contributed by atoms with Gasteiger partial charge in [-0.3, -0.25) is 4.39 Å². The largest absolute Gasteiger partial charge is 0.358 e. The van der Waals surface area contributed by atoms with E-state index in [4.69, 9.17) is 0 Å². The molecule has 7 heavy (non-hydrogen) atoms. The average Bonchev–Trinajstić information content (AvgIpc) is 1.69. The highest BCUT2D eigenvalue weighted by atomic mass is 19.1. The first kappa shape index (κ1) is 10.00. The molecule has 0 unspecified atom stereocenters. The Labute approximate surface area is 44.7 Å². The molecule has 0 fully saturated rings. The summed E-state index contributed by atoms with van der Waals surface area (Å²) in [6, 6.07) is 0. The molecule has 0 aromatic carbocycles. The first-order chi connectivity index (χ1) is 3.33. The van der Waals surface area contributed by atoms with E-state index in [0.29, 0.717) is 0 Å². The molecular formula is C5H15FN+. The Hall–Kier alpha value is -0.110. The Kier molecular flexibility index (Phi) is 24.1. The number of quaternary nitrogens is 1. The summed E-state index contributed by atoms with van der Waals surface area (Å²) in [7, 11) is 0. The Bertz CT molecular complexity index is 15.6. The second kappa shape index (κ2) is 16.9. The molecule has 0 heterocycles. The highest BCUT2D eigenvalue weighted by Crippen LogP contribution is 1.54. The maximum Gasteiger partial charge on any atom is 0.0866 e. The number of alkyl halides is 1. The van der Waals surface area contributed by atoms with Crippen molar-refractivity contribution in [1.29, 1.82) is 0 Å². The Balaban J connectivity index is 0. The van der Waals surface area contributed by atoms with Gasteiger partial charge in [0.1, 0.15) is 0 Å². The fourth-order valence-electron chi connectivity index (χ4n) is 0. The minimum atomic E-state index is -0.250. The monoisotopic (exact) mass is 108 g/mol. The van der Waals surface area contributed by atoms with Gasteiger partial charge < -0.3 is 5.73 Å². The van der Waals surface area contributed by atoms with Crippen molar-refractivity contribution >= 4 is 0 Å². The van der Waals surface area contributed by atoms with Crippen LogP contribution < -0.4 is 5.73 Å². The zero-order chi connectivity index (χ0) is 6.12. The van der Waals surface area contributed by atoms with Crippen molar-refractivity contribution in [3.05, 3.63) is 0 Å². The molecule has 0 aliphatic carbocycles. The maximum atomic E-state index is 10.3. The van der Waals surface area contributed by atoms with Crippen LogP contribution in [-0.2, 0) is 0 Å². The van der Waals surface area contributed by atoms with Crippen LogP contribution in [0.2, 0.25) is 0 Å². The summed E-state index contributed by atoms with van der Waals surface area (Å²) in [5, 5.41) is 0. The molecule has 0 spiro atoms. The summed E-state index contributed by atoms with van der Waals surface area (Å²) in [5.41, 5.74) is 3.60. The molecule has 0 saturated heterocycles. The van der Waals surface area contributed by atoms with Gasteiger partial charge in [-0.05, 0) is 13.3 Å². The third-order valence-corrected chi connectivity index (χ3v) is 0.354. The second-order valence-electron chi connectivity index (χ2n) is 1.12. The second-order valence-corrected chi connectivity index (χ2v) is 1.12. The molecule has 0 aliphatic heterocycles. The SMILES string of the molecule is CCC[NH3+].CCF. The predicted molar refractivity (Wildman–Crippen MR) is 29.7 cm³/mol. The zero-order valence-corrected chi connectivity index (χ0v) is 5.21. The van der Waals surface area contributed by atoms with E-state index >= 15 is 0 Å². The first-order valence-electron chi connectivity index (χ1n) is 2.68. The third kappa shape index (κ3) is 113. The molecule has 0 aromatic heterocycles. The van der Waals surface area contributed by atoms with Crippen LogP contribution in [0.3, 0.4) is 0 Å². The minimum absolute atomic E-state index is 0.250. The van der Waals surface area contributed by atoms with Gasteiger partial charge in [-0.15, -0.1) is 0 Å². The lowest BCUT2D eigenvalue weighted by atomic mass is 10.5. The summed E-state index contributed by atoms with van der Waals surface area (Å²) in [4.78, 5) is 0. The molecule has 46 valence electrons. The van der Waals surface area contributed by atoms with E-state index < -0.39 is 0 Å². The fraction of sp³-hybridized carbons (Fsp3) is 1.00. The molecule has 0 bridgehead atoms. The summed E-state index contributed by atoms with van der Waals surface area (Å²) < 4.78 is 10.3. The van der Waals surface area contributed by atoms with Gasteiger partial charge >= 0.3 is 0 Å². The van der Waals surface area contributed by atoms with Gasteiger partial charge in [-0.1, -0.05) is 6.92 Å². The van der Waals surface area contributed by atoms with E-state index in [1.807, 2.05) is 0 Å². The molecule has 0 radical (unpaired) electrons. The van der Waals surface area contributed by atoms with E-state index in [0.717, 1.165) is 6.54 Å². The molecule has 0 atom stereocenters. The highest BCUT2D eigenvalue weighted by Gasteiger charge is 1.59. The van der Waals surface area contributed by atoms with E-state index in [1.54, 1.807) is 0 Å². The van der Waals surface area contributed by atoms with Crippen LogP contribution in [-0.4, -0.2) is 13.2 Å². The van der Waals surface area contributed by atoms with Gasteiger partial charge in [0.05, 0.1) is 13.2 Å². The van der Waals surface area contributed by atoms with Crippen molar-refractivity contribution in [1.82, 2.24) is 0 Å². The van der Waals surface area contributed by atoms with Crippen molar-refractivity contribution in [3.8, 4) is 0 Å².